The predicted molar refractivity (Wildman–Crippen MR) is 145 cm³/mol. The van der Waals surface area contributed by atoms with E-state index in [4.69, 9.17) is 4.43 Å². The largest absolute Gasteiger partial charge is 0.403 e. The second kappa shape index (κ2) is 9.24. The fraction of sp³-hybridized carbons (Fsp3) is 0.516. The number of carbonyl (C=O) groups is 1. The number of hydrogen-bond acceptors (Lipinski definition) is 2. The summed E-state index contributed by atoms with van der Waals surface area (Å²) < 4.78 is 7.09. The first-order chi connectivity index (χ1) is 16.0. The quantitative estimate of drug-likeness (QED) is 0.343. The maximum atomic E-state index is 13.2. The normalized spacial score (nSPS) is 26.5. The van der Waals surface area contributed by atoms with Gasteiger partial charge in [-0.15, -0.1) is 0 Å². The van der Waals surface area contributed by atoms with E-state index in [1.54, 1.807) is 0 Å². The van der Waals surface area contributed by atoms with Crippen molar-refractivity contribution in [2.24, 2.45) is 29.1 Å². The molecule has 0 radical (unpaired) electrons. The summed E-state index contributed by atoms with van der Waals surface area (Å²) in [5.41, 5.74) is 1.33. The first kappa shape index (κ1) is 25.1. The fourth-order valence-corrected chi connectivity index (χ4v) is 11.4. The van der Waals surface area contributed by atoms with Gasteiger partial charge in [0.2, 0.25) is 0 Å². The lowest BCUT2D eigenvalue weighted by Gasteiger charge is -2.43. The van der Waals surface area contributed by atoms with Gasteiger partial charge in [-0.1, -0.05) is 114 Å². The zero-order chi connectivity index (χ0) is 24.7. The topological polar surface area (TPSA) is 26.3 Å². The molecule has 2 aromatic carbocycles. The van der Waals surface area contributed by atoms with Crippen LogP contribution in [0.3, 0.4) is 0 Å². The predicted octanol–water partition coefficient (Wildman–Crippen LogP) is 6.40. The van der Waals surface area contributed by atoms with Crippen LogP contribution in [0, 0.1) is 29.1 Å². The third kappa shape index (κ3) is 4.49. The van der Waals surface area contributed by atoms with E-state index < -0.39 is 8.32 Å². The molecular weight excluding hydrogens is 432 g/mol. The average molecular weight is 475 g/mol. The molecule has 34 heavy (non-hydrogen) atoms. The van der Waals surface area contributed by atoms with E-state index in [1.807, 2.05) is 0 Å². The smallest absolute Gasteiger partial charge is 0.261 e. The zero-order valence-electron chi connectivity index (χ0n) is 21.9. The highest BCUT2D eigenvalue weighted by atomic mass is 28.4. The standard InChI is InChI=1S/C31H42O2Si/c1-22-19-27-29(31(27,6)7)26(28(32)20-22)18-23(2)21-33-34(30(3,4)5,24-14-10-8-11-15-24)25-16-12-9-13-17-25/h8-17,22,26-27,29H,2,18-21H2,1,3-7H3/t22-,26-,27-,29+/m1/s1. The summed E-state index contributed by atoms with van der Waals surface area (Å²) in [6.07, 6.45) is 2.66. The van der Waals surface area contributed by atoms with Gasteiger partial charge < -0.3 is 4.43 Å². The maximum absolute atomic E-state index is 13.2. The minimum atomic E-state index is -2.60. The lowest BCUT2D eigenvalue weighted by molar-refractivity contribution is -0.124. The monoisotopic (exact) mass is 474 g/mol. The van der Waals surface area contributed by atoms with Crippen LogP contribution in [0.1, 0.15) is 60.8 Å². The Bertz CT molecular complexity index is 979. The molecule has 2 nitrogen and oxygen atoms in total. The summed E-state index contributed by atoms with van der Waals surface area (Å²) in [5.74, 6) is 2.20. The van der Waals surface area contributed by atoms with Gasteiger partial charge in [-0.25, -0.2) is 0 Å². The Labute approximate surface area is 208 Å². The van der Waals surface area contributed by atoms with Crippen LogP contribution in [0.25, 0.3) is 0 Å². The van der Waals surface area contributed by atoms with Gasteiger partial charge >= 0.3 is 0 Å². The van der Waals surface area contributed by atoms with Crippen molar-refractivity contribution in [3.05, 3.63) is 72.8 Å². The molecule has 182 valence electrons. The van der Waals surface area contributed by atoms with Gasteiger partial charge in [-0.2, -0.15) is 0 Å². The van der Waals surface area contributed by atoms with Crippen molar-refractivity contribution in [1.82, 2.24) is 0 Å². The van der Waals surface area contributed by atoms with Crippen LogP contribution in [0.15, 0.2) is 72.8 Å². The van der Waals surface area contributed by atoms with Crippen LogP contribution < -0.4 is 10.4 Å². The molecule has 2 saturated carbocycles. The molecule has 2 fully saturated rings. The maximum Gasteiger partial charge on any atom is 0.261 e. The van der Waals surface area contributed by atoms with Gasteiger partial charge in [-0.05, 0) is 51.4 Å². The van der Waals surface area contributed by atoms with Gasteiger partial charge in [-0.3, -0.25) is 4.79 Å². The minimum Gasteiger partial charge on any atom is -0.403 e. The van der Waals surface area contributed by atoms with Crippen LogP contribution in [0.5, 0.6) is 0 Å². The number of hydrogen-bond donors (Lipinski definition) is 0. The van der Waals surface area contributed by atoms with E-state index >= 15 is 0 Å². The summed E-state index contributed by atoms with van der Waals surface area (Å²) in [7, 11) is -2.60. The molecule has 2 aliphatic carbocycles. The van der Waals surface area contributed by atoms with E-state index in [9.17, 15) is 4.79 Å². The summed E-state index contributed by atoms with van der Waals surface area (Å²) in [6, 6.07) is 21.5. The molecule has 4 atom stereocenters. The van der Waals surface area contributed by atoms with Crippen molar-refractivity contribution in [3.8, 4) is 0 Å². The molecule has 0 heterocycles. The highest BCUT2D eigenvalue weighted by molar-refractivity contribution is 6.99. The first-order valence-electron chi connectivity index (χ1n) is 12.9. The van der Waals surface area contributed by atoms with Crippen LogP contribution in [-0.2, 0) is 9.22 Å². The van der Waals surface area contributed by atoms with E-state index in [0.29, 0.717) is 30.1 Å². The van der Waals surface area contributed by atoms with Crippen molar-refractivity contribution in [2.45, 2.75) is 65.8 Å². The van der Waals surface area contributed by atoms with Gasteiger partial charge in [0.1, 0.15) is 5.78 Å². The Kier molecular flexibility index (Phi) is 6.83. The SMILES string of the molecule is C=C(CO[Si](c1ccccc1)(c1ccccc1)C(C)(C)C)C[C@@H]1C(=O)C[C@H](C)C[C@@H]2[C@H]1C2(C)C. The van der Waals surface area contributed by atoms with Crippen LogP contribution in [0.2, 0.25) is 5.04 Å². The van der Waals surface area contributed by atoms with E-state index in [0.717, 1.165) is 18.4 Å². The second-order valence-corrected chi connectivity index (χ2v) is 16.8. The molecule has 2 aromatic rings. The van der Waals surface area contributed by atoms with Crippen molar-refractivity contribution in [2.75, 3.05) is 6.61 Å². The number of Topliss-reactive ketones (excluding diaryl/α,β-unsaturated/α-hetero) is 1. The van der Waals surface area contributed by atoms with Gasteiger partial charge in [0.15, 0.2) is 0 Å². The molecule has 0 amide bonds. The molecular formula is C31H42O2Si. The number of benzene rings is 2. The average Bonchev–Trinajstić information content (AvgIpc) is 3.35. The molecule has 3 heteroatoms. The number of rotatable bonds is 7. The van der Waals surface area contributed by atoms with Crippen molar-refractivity contribution >= 4 is 24.5 Å². The number of ketones is 1. The molecule has 0 aromatic heterocycles. The van der Waals surface area contributed by atoms with E-state index in [-0.39, 0.29) is 16.4 Å². The summed E-state index contributed by atoms with van der Waals surface area (Å²) in [5, 5.41) is 2.50. The van der Waals surface area contributed by atoms with Gasteiger partial charge in [0.25, 0.3) is 8.32 Å². The van der Waals surface area contributed by atoms with E-state index in [1.165, 1.54) is 16.8 Å². The zero-order valence-corrected chi connectivity index (χ0v) is 22.9. The Morgan fingerprint density at radius 2 is 1.56 bits per heavy atom. The van der Waals surface area contributed by atoms with Gasteiger partial charge in [0, 0.05) is 12.3 Å². The molecule has 0 aliphatic heterocycles. The summed E-state index contributed by atoms with van der Waals surface area (Å²) in [6.45, 7) is 18.8. The lowest BCUT2D eigenvalue weighted by Crippen LogP contribution is -2.66. The summed E-state index contributed by atoms with van der Waals surface area (Å²) >= 11 is 0. The Morgan fingerprint density at radius 3 is 2.06 bits per heavy atom. The van der Waals surface area contributed by atoms with Crippen molar-refractivity contribution in [3.63, 3.8) is 0 Å². The van der Waals surface area contributed by atoms with Crippen LogP contribution >= 0.6 is 0 Å². The number of carbonyl (C=O) groups excluding carboxylic acids is 1. The first-order valence-corrected chi connectivity index (χ1v) is 14.8. The highest BCUT2D eigenvalue weighted by Gasteiger charge is 2.63. The molecule has 0 unspecified atom stereocenters. The Morgan fingerprint density at radius 1 is 1.03 bits per heavy atom. The third-order valence-corrected chi connectivity index (χ3v) is 13.6. The fourth-order valence-electron chi connectivity index (χ4n) is 6.83. The second-order valence-electron chi connectivity index (χ2n) is 12.5. The molecule has 0 N–H and O–H groups in total. The van der Waals surface area contributed by atoms with Crippen molar-refractivity contribution in [1.29, 1.82) is 0 Å². The van der Waals surface area contributed by atoms with Crippen LogP contribution in [0.4, 0.5) is 0 Å². The Balaban J connectivity index is 1.60. The molecule has 4 rings (SSSR count). The molecule has 0 bridgehead atoms. The Hall–Kier alpha value is -1.97. The minimum absolute atomic E-state index is 0.0624. The highest BCUT2D eigenvalue weighted by Crippen LogP contribution is 2.66. The third-order valence-electron chi connectivity index (χ3n) is 8.61. The van der Waals surface area contributed by atoms with Crippen molar-refractivity contribution < 1.29 is 9.22 Å². The lowest BCUT2D eigenvalue weighted by atomic mass is 9.85. The van der Waals surface area contributed by atoms with Crippen LogP contribution in [-0.4, -0.2) is 20.7 Å². The van der Waals surface area contributed by atoms with E-state index in [2.05, 4.69) is 109 Å². The van der Waals surface area contributed by atoms with Gasteiger partial charge in [0.05, 0.1) is 6.61 Å². The molecule has 2 aliphatic rings. The summed E-state index contributed by atoms with van der Waals surface area (Å²) in [4.78, 5) is 13.2. The number of fused-ring (bicyclic) bond motifs is 1. The molecule has 0 saturated heterocycles. The molecule has 0 spiro atoms.